The van der Waals surface area contributed by atoms with E-state index in [0.29, 0.717) is 6.04 Å². The number of aryl methyl sites for hydroxylation is 4. The Morgan fingerprint density at radius 1 is 1.11 bits per heavy atom. The van der Waals surface area contributed by atoms with Crippen molar-refractivity contribution in [3.63, 3.8) is 0 Å². The van der Waals surface area contributed by atoms with Crippen molar-refractivity contribution in [2.75, 3.05) is 0 Å². The molecule has 0 aliphatic carbocycles. The lowest BCUT2D eigenvalue weighted by Gasteiger charge is -2.17. The first-order valence-electron chi connectivity index (χ1n) is 6.84. The van der Waals surface area contributed by atoms with Crippen molar-refractivity contribution in [2.24, 2.45) is 0 Å². The zero-order valence-electron chi connectivity index (χ0n) is 12.5. The maximum Gasteiger partial charge on any atom is 0.0297 e. The summed E-state index contributed by atoms with van der Waals surface area (Å²) in [5.74, 6) is 0. The van der Waals surface area contributed by atoms with Gasteiger partial charge in [-0.1, -0.05) is 23.8 Å². The molecule has 1 heterocycles. The zero-order valence-corrected chi connectivity index (χ0v) is 13.3. The lowest BCUT2D eigenvalue weighted by molar-refractivity contribution is 0.572. The molecule has 1 nitrogen and oxygen atoms in total. The van der Waals surface area contributed by atoms with Crippen molar-refractivity contribution >= 4 is 11.3 Å². The minimum atomic E-state index is 0.389. The summed E-state index contributed by atoms with van der Waals surface area (Å²) in [5, 5.41) is 3.64. The van der Waals surface area contributed by atoms with Crippen LogP contribution in [0.2, 0.25) is 0 Å². The summed E-state index contributed by atoms with van der Waals surface area (Å²) in [5.41, 5.74) is 5.53. The number of thiophene rings is 1. The molecule has 0 radical (unpaired) electrons. The van der Waals surface area contributed by atoms with E-state index >= 15 is 0 Å². The molecule has 0 amide bonds. The van der Waals surface area contributed by atoms with E-state index in [9.17, 15) is 0 Å². The Hall–Kier alpha value is -1.12. The molecule has 2 aromatic rings. The van der Waals surface area contributed by atoms with Crippen LogP contribution >= 0.6 is 11.3 Å². The largest absolute Gasteiger partial charge is 0.306 e. The van der Waals surface area contributed by atoms with E-state index in [-0.39, 0.29) is 0 Å². The molecule has 0 saturated carbocycles. The fourth-order valence-corrected chi connectivity index (χ4v) is 3.49. The number of hydrogen-bond donors (Lipinski definition) is 1. The molecular formula is C17H23NS. The standard InChI is InChI=1S/C17H23NS/c1-11-6-7-17(12(2)8-11)14(4)18-10-16-9-13(3)19-15(16)5/h6-9,14,18H,10H2,1-5H3. The predicted molar refractivity (Wildman–Crippen MR) is 85.0 cm³/mol. The Labute approximate surface area is 120 Å². The normalized spacial score (nSPS) is 12.7. The molecule has 2 heteroatoms. The third kappa shape index (κ3) is 3.46. The van der Waals surface area contributed by atoms with Gasteiger partial charge < -0.3 is 5.32 Å². The van der Waals surface area contributed by atoms with Gasteiger partial charge in [-0.25, -0.2) is 0 Å². The quantitative estimate of drug-likeness (QED) is 0.841. The van der Waals surface area contributed by atoms with Crippen molar-refractivity contribution in [3.05, 3.63) is 56.3 Å². The van der Waals surface area contributed by atoms with Gasteiger partial charge in [0.25, 0.3) is 0 Å². The fraction of sp³-hybridized carbons (Fsp3) is 0.412. The first-order valence-corrected chi connectivity index (χ1v) is 7.65. The molecule has 0 fully saturated rings. The van der Waals surface area contributed by atoms with Gasteiger partial charge in [-0.2, -0.15) is 0 Å². The summed E-state index contributed by atoms with van der Waals surface area (Å²) >= 11 is 1.88. The second-order valence-corrected chi connectivity index (χ2v) is 6.86. The van der Waals surface area contributed by atoms with Gasteiger partial charge in [0.15, 0.2) is 0 Å². The van der Waals surface area contributed by atoms with Gasteiger partial charge in [0.1, 0.15) is 0 Å². The third-order valence-corrected chi connectivity index (χ3v) is 4.64. The van der Waals surface area contributed by atoms with E-state index in [2.05, 4.69) is 64.2 Å². The van der Waals surface area contributed by atoms with Crippen molar-refractivity contribution in [3.8, 4) is 0 Å². The number of nitrogens with one attached hydrogen (secondary N) is 1. The molecule has 0 saturated heterocycles. The fourth-order valence-electron chi connectivity index (χ4n) is 2.54. The van der Waals surface area contributed by atoms with Crippen LogP contribution in [0, 0.1) is 27.7 Å². The molecule has 0 spiro atoms. The number of rotatable bonds is 4. The average molecular weight is 273 g/mol. The van der Waals surface area contributed by atoms with Gasteiger partial charge in [-0.05, 0) is 57.4 Å². The Balaban J connectivity index is 2.05. The van der Waals surface area contributed by atoms with Gasteiger partial charge in [-0.15, -0.1) is 11.3 Å². The smallest absolute Gasteiger partial charge is 0.0297 e. The van der Waals surface area contributed by atoms with Crippen LogP contribution in [0.25, 0.3) is 0 Å². The summed E-state index contributed by atoms with van der Waals surface area (Å²) in [6, 6.07) is 9.38. The van der Waals surface area contributed by atoms with Gasteiger partial charge in [0.05, 0.1) is 0 Å². The molecule has 0 bridgehead atoms. The summed E-state index contributed by atoms with van der Waals surface area (Å²) in [6.45, 7) is 11.9. The van der Waals surface area contributed by atoms with Crippen molar-refractivity contribution < 1.29 is 0 Å². The molecule has 19 heavy (non-hydrogen) atoms. The van der Waals surface area contributed by atoms with Crippen LogP contribution < -0.4 is 5.32 Å². The van der Waals surface area contributed by atoms with Gasteiger partial charge in [-0.3, -0.25) is 0 Å². The van der Waals surface area contributed by atoms with Crippen LogP contribution in [0.3, 0.4) is 0 Å². The highest BCUT2D eigenvalue weighted by molar-refractivity contribution is 7.12. The van der Waals surface area contributed by atoms with E-state index in [1.54, 1.807) is 0 Å². The van der Waals surface area contributed by atoms with Crippen molar-refractivity contribution in [1.29, 1.82) is 0 Å². The van der Waals surface area contributed by atoms with Crippen LogP contribution in [0.15, 0.2) is 24.3 Å². The highest BCUT2D eigenvalue weighted by atomic mass is 32.1. The lowest BCUT2D eigenvalue weighted by atomic mass is 10.00. The summed E-state index contributed by atoms with van der Waals surface area (Å²) < 4.78 is 0. The zero-order chi connectivity index (χ0) is 14.0. The maximum absolute atomic E-state index is 3.64. The van der Waals surface area contributed by atoms with Crippen LogP contribution in [-0.4, -0.2) is 0 Å². The Bertz CT molecular complexity index is 569. The van der Waals surface area contributed by atoms with Gasteiger partial charge >= 0.3 is 0 Å². The van der Waals surface area contributed by atoms with E-state index in [1.165, 1.54) is 32.0 Å². The monoisotopic (exact) mass is 273 g/mol. The highest BCUT2D eigenvalue weighted by Gasteiger charge is 2.09. The molecule has 2 rings (SSSR count). The van der Waals surface area contributed by atoms with E-state index < -0.39 is 0 Å². The molecule has 1 aromatic heterocycles. The average Bonchev–Trinajstić information content (AvgIpc) is 2.65. The molecule has 1 N–H and O–H groups in total. The molecule has 1 atom stereocenters. The molecule has 1 aromatic carbocycles. The van der Waals surface area contributed by atoms with E-state index in [1.807, 2.05) is 11.3 Å². The Morgan fingerprint density at radius 2 is 1.84 bits per heavy atom. The summed E-state index contributed by atoms with van der Waals surface area (Å²) in [4.78, 5) is 2.83. The van der Waals surface area contributed by atoms with Crippen LogP contribution in [0.4, 0.5) is 0 Å². The SMILES string of the molecule is Cc1ccc(C(C)NCc2cc(C)sc2C)c(C)c1. The molecule has 0 aliphatic rings. The highest BCUT2D eigenvalue weighted by Crippen LogP contribution is 2.23. The maximum atomic E-state index is 3.64. The topological polar surface area (TPSA) is 12.0 Å². The molecular weight excluding hydrogens is 250 g/mol. The summed E-state index contributed by atoms with van der Waals surface area (Å²) in [6.07, 6.45) is 0. The second-order valence-electron chi connectivity index (χ2n) is 5.40. The van der Waals surface area contributed by atoms with Gasteiger partial charge in [0.2, 0.25) is 0 Å². The molecule has 102 valence electrons. The van der Waals surface area contributed by atoms with E-state index in [4.69, 9.17) is 0 Å². The first kappa shape index (κ1) is 14.3. The van der Waals surface area contributed by atoms with E-state index in [0.717, 1.165) is 6.54 Å². The summed E-state index contributed by atoms with van der Waals surface area (Å²) in [7, 11) is 0. The van der Waals surface area contributed by atoms with Crippen LogP contribution in [0.1, 0.15) is 45.0 Å². The molecule has 0 aliphatic heterocycles. The second kappa shape index (κ2) is 5.89. The van der Waals surface area contributed by atoms with Crippen molar-refractivity contribution in [1.82, 2.24) is 5.32 Å². The number of hydrogen-bond acceptors (Lipinski definition) is 2. The van der Waals surface area contributed by atoms with Crippen LogP contribution in [0.5, 0.6) is 0 Å². The van der Waals surface area contributed by atoms with Gasteiger partial charge in [0, 0.05) is 22.3 Å². The lowest BCUT2D eigenvalue weighted by Crippen LogP contribution is -2.19. The Kier molecular flexibility index (Phi) is 4.43. The minimum absolute atomic E-state index is 0.389. The molecule has 1 unspecified atom stereocenters. The van der Waals surface area contributed by atoms with Crippen LogP contribution in [-0.2, 0) is 6.54 Å². The number of benzene rings is 1. The Morgan fingerprint density at radius 3 is 2.42 bits per heavy atom. The van der Waals surface area contributed by atoms with Crippen molar-refractivity contribution in [2.45, 2.75) is 47.2 Å². The predicted octanol–water partition coefficient (Wildman–Crippen LogP) is 4.83. The first-order chi connectivity index (χ1) is 8.97. The third-order valence-electron chi connectivity index (χ3n) is 3.63. The minimum Gasteiger partial charge on any atom is -0.306 e.